The van der Waals surface area contributed by atoms with E-state index in [2.05, 4.69) is 5.32 Å². The van der Waals surface area contributed by atoms with Crippen molar-refractivity contribution < 1.29 is 25.3 Å². The molecule has 16 heavy (non-hydrogen) atoms. The van der Waals surface area contributed by atoms with Crippen LogP contribution in [-0.2, 0) is 9.59 Å². The molecule has 1 heterocycles. The number of carboxylic acid groups (broad SMARTS) is 1. The predicted molar refractivity (Wildman–Crippen MR) is 58.1 cm³/mol. The van der Waals surface area contributed by atoms with Gasteiger partial charge in [-0.25, -0.2) is 4.79 Å². The van der Waals surface area contributed by atoms with Crippen LogP contribution in [0.25, 0.3) is 0 Å². The summed E-state index contributed by atoms with van der Waals surface area (Å²) < 4.78 is 0. The van der Waals surface area contributed by atoms with Gasteiger partial charge in [-0.15, -0.1) is 0 Å². The zero-order valence-corrected chi connectivity index (χ0v) is 9.56. The maximum atomic E-state index is 10.4. The van der Waals surface area contributed by atoms with Crippen LogP contribution in [0.5, 0.6) is 0 Å². The lowest BCUT2D eigenvalue weighted by Gasteiger charge is -2.03. The minimum atomic E-state index is -0.944. The Labute approximate surface area is 94.4 Å². The van der Waals surface area contributed by atoms with Crippen molar-refractivity contribution in [1.29, 1.82) is 0 Å². The molecule has 0 saturated carbocycles. The van der Waals surface area contributed by atoms with Gasteiger partial charge in [-0.05, 0) is 20.5 Å². The van der Waals surface area contributed by atoms with E-state index in [1.54, 1.807) is 0 Å². The Kier molecular flexibility index (Phi) is 9.77. The normalized spacial score (nSPS) is 18.2. The summed E-state index contributed by atoms with van der Waals surface area (Å²) in [4.78, 5) is 22.4. The van der Waals surface area contributed by atoms with Gasteiger partial charge in [0.05, 0.1) is 6.61 Å². The molecule has 5 N–H and O–H groups in total. The first-order chi connectivity index (χ1) is 6.97. The van der Waals surface area contributed by atoms with Gasteiger partial charge in [0.15, 0.2) is 0 Å². The number of carboxylic acids is 1. The zero-order valence-electron chi connectivity index (χ0n) is 9.56. The van der Waals surface area contributed by atoms with Gasteiger partial charge in [-0.2, -0.15) is 0 Å². The Morgan fingerprint density at radius 2 is 2.12 bits per heavy atom. The molecule has 1 unspecified atom stereocenters. The van der Waals surface area contributed by atoms with E-state index in [0.29, 0.717) is 12.8 Å². The predicted octanol–water partition coefficient (Wildman–Crippen LogP) is -1.93. The molecule has 1 saturated heterocycles. The van der Waals surface area contributed by atoms with E-state index in [9.17, 15) is 9.59 Å². The van der Waals surface area contributed by atoms with E-state index in [1.165, 1.54) is 0 Å². The molecule has 1 amide bonds. The minimum Gasteiger partial charge on any atom is -0.480 e. The highest BCUT2D eigenvalue weighted by molar-refractivity contribution is 5.87. The van der Waals surface area contributed by atoms with Crippen LogP contribution in [0.4, 0.5) is 0 Å². The summed E-state index contributed by atoms with van der Waals surface area (Å²) in [6.07, 6.45) is 0.769. The fourth-order valence-electron chi connectivity index (χ4n) is 0.999. The zero-order chi connectivity index (χ0) is 11.8. The van der Waals surface area contributed by atoms with Gasteiger partial charge in [0.25, 0.3) is 0 Å². The summed E-state index contributed by atoms with van der Waals surface area (Å²) in [5, 5.41) is 18.8. The second-order valence-electron chi connectivity index (χ2n) is 3.52. The highest BCUT2D eigenvalue weighted by atomic mass is 16.4. The number of aliphatic hydroxyl groups is 1. The van der Waals surface area contributed by atoms with Crippen LogP contribution in [0.15, 0.2) is 0 Å². The number of nitrogens with zero attached hydrogens (tertiary/aromatic N) is 1. The van der Waals surface area contributed by atoms with Crippen molar-refractivity contribution in [1.82, 2.24) is 10.2 Å². The van der Waals surface area contributed by atoms with Crippen molar-refractivity contribution in [2.24, 2.45) is 0 Å². The molecule has 1 aliphatic rings. The average molecular weight is 236 g/mol. The van der Waals surface area contributed by atoms with E-state index < -0.39 is 12.0 Å². The molecule has 0 spiro atoms. The van der Waals surface area contributed by atoms with Crippen molar-refractivity contribution in [3.05, 3.63) is 0 Å². The Balaban J connectivity index is 0. The summed E-state index contributed by atoms with van der Waals surface area (Å²) in [7, 11) is 3.85. The molecule has 96 valence electrons. The number of aliphatic carboxylic acids is 1. The van der Waals surface area contributed by atoms with Gasteiger partial charge < -0.3 is 25.9 Å². The molecule has 7 nitrogen and oxygen atoms in total. The van der Waals surface area contributed by atoms with Gasteiger partial charge in [0, 0.05) is 13.0 Å². The van der Waals surface area contributed by atoms with Crippen molar-refractivity contribution in [3.63, 3.8) is 0 Å². The molecule has 1 atom stereocenters. The number of hydrogen-bond acceptors (Lipinski definition) is 4. The molecule has 1 fully saturated rings. The maximum absolute atomic E-state index is 10.4. The number of carbonyl (C=O) groups excluding carboxylic acids is 1. The van der Waals surface area contributed by atoms with Crippen LogP contribution >= 0.6 is 0 Å². The van der Waals surface area contributed by atoms with Crippen molar-refractivity contribution in [3.8, 4) is 0 Å². The van der Waals surface area contributed by atoms with E-state index >= 15 is 0 Å². The van der Waals surface area contributed by atoms with Crippen molar-refractivity contribution in [2.75, 3.05) is 27.2 Å². The smallest absolute Gasteiger partial charge is 0.326 e. The number of amides is 1. The molecule has 7 heteroatoms. The van der Waals surface area contributed by atoms with Gasteiger partial charge in [0.1, 0.15) is 6.04 Å². The van der Waals surface area contributed by atoms with Crippen molar-refractivity contribution >= 4 is 11.9 Å². The lowest BCUT2D eigenvalue weighted by atomic mass is 10.2. The van der Waals surface area contributed by atoms with E-state index in [1.807, 2.05) is 19.0 Å². The van der Waals surface area contributed by atoms with E-state index in [-0.39, 0.29) is 18.0 Å². The molecule has 1 rings (SSSR count). The standard InChI is InChI=1S/C5H7NO3.C4H11NO.H2O/c7-4-2-1-3(6-4)5(8)9;1-5(2)3-4-6;/h3H,1-2H2,(H,6,7)(H,8,9);6H,3-4H2,1-2H3;1H2. The lowest BCUT2D eigenvalue weighted by Crippen LogP contribution is -2.32. The first-order valence-electron chi connectivity index (χ1n) is 4.75. The third-order valence-electron chi connectivity index (χ3n) is 1.84. The quantitative estimate of drug-likeness (QED) is 0.526. The van der Waals surface area contributed by atoms with Crippen LogP contribution in [0.3, 0.4) is 0 Å². The van der Waals surface area contributed by atoms with Gasteiger partial charge in [-0.1, -0.05) is 0 Å². The Hall–Kier alpha value is -1.18. The van der Waals surface area contributed by atoms with Gasteiger partial charge >= 0.3 is 5.97 Å². The number of likely N-dealkylation sites (N-methyl/N-ethyl adjacent to an activating group) is 1. The third-order valence-corrected chi connectivity index (χ3v) is 1.84. The fourth-order valence-corrected chi connectivity index (χ4v) is 0.999. The Morgan fingerprint density at radius 3 is 2.25 bits per heavy atom. The van der Waals surface area contributed by atoms with Crippen LogP contribution in [-0.4, -0.2) is 65.8 Å². The topological polar surface area (TPSA) is 121 Å². The Morgan fingerprint density at radius 1 is 1.56 bits per heavy atom. The molecule has 0 bridgehead atoms. The van der Waals surface area contributed by atoms with Crippen LogP contribution in [0.2, 0.25) is 0 Å². The minimum absolute atomic E-state index is 0. The van der Waals surface area contributed by atoms with Gasteiger partial charge in [-0.3, -0.25) is 4.79 Å². The van der Waals surface area contributed by atoms with E-state index in [0.717, 1.165) is 6.54 Å². The maximum Gasteiger partial charge on any atom is 0.326 e. The SMILES string of the molecule is CN(C)CCO.O.O=C1CCC(C(=O)O)N1. The number of hydrogen-bond donors (Lipinski definition) is 3. The molecular formula is C9H20N2O5. The number of nitrogens with one attached hydrogen (secondary N) is 1. The number of carbonyl (C=O) groups is 2. The molecule has 0 aromatic carbocycles. The number of aliphatic hydroxyl groups excluding tert-OH is 1. The molecule has 1 aliphatic heterocycles. The second kappa shape index (κ2) is 9.08. The average Bonchev–Trinajstić information content (AvgIpc) is 2.52. The highest BCUT2D eigenvalue weighted by Gasteiger charge is 2.26. The highest BCUT2D eigenvalue weighted by Crippen LogP contribution is 2.05. The molecule has 0 radical (unpaired) electrons. The molecule has 0 aromatic rings. The molecule has 0 aliphatic carbocycles. The third kappa shape index (κ3) is 8.16. The second-order valence-corrected chi connectivity index (χ2v) is 3.52. The van der Waals surface area contributed by atoms with Crippen LogP contribution < -0.4 is 5.32 Å². The monoisotopic (exact) mass is 236 g/mol. The fraction of sp³-hybridized carbons (Fsp3) is 0.778. The van der Waals surface area contributed by atoms with Gasteiger partial charge in [0.2, 0.25) is 5.91 Å². The summed E-state index contributed by atoms with van der Waals surface area (Å²) in [5.74, 6) is -1.11. The summed E-state index contributed by atoms with van der Waals surface area (Å²) >= 11 is 0. The summed E-state index contributed by atoms with van der Waals surface area (Å²) in [6, 6.07) is -0.641. The van der Waals surface area contributed by atoms with E-state index in [4.69, 9.17) is 10.2 Å². The summed E-state index contributed by atoms with van der Waals surface area (Å²) in [6.45, 7) is 1.02. The van der Waals surface area contributed by atoms with Crippen LogP contribution in [0.1, 0.15) is 12.8 Å². The number of rotatable bonds is 3. The largest absolute Gasteiger partial charge is 0.480 e. The van der Waals surface area contributed by atoms with Crippen molar-refractivity contribution in [2.45, 2.75) is 18.9 Å². The lowest BCUT2D eigenvalue weighted by molar-refractivity contribution is -0.140. The molecule has 0 aromatic heterocycles. The first-order valence-corrected chi connectivity index (χ1v) is 4.75. The first kappa shape index (κ1) is 17.2. The summed E-state index contributed by atoms with van der Waals surface area (Å²) in [5.41, 5.74) is 0. The van der Waals surface area contributed by atoms with Crippen LogP contribution in [0, 0.1) is 0 Å². The molecular weight excluding hydrogens is 216 g/mol. The Bertz CT molecular complexity index is 220.